The Balaban J connectivity index is 2.45. The molecule has 2 aromatic rings. The number of thiazole rings is 1. The van der Waals surface area contributed by atoms with Crippen molar-refractivity contribution in [1.29, 1.82) is 0 Å². The highest BCUT2D eigenvalue weighted by molar-refractivity contribution is 9.11. The monoisotopic (exact) mass is 312 g/mol. The number of benzene rings is 1. The van der Waals surface area contributed by atoms with E-state index >= 15 is 0 Å². The van der Waals surface area contributed by atoms with Gasteiger partial charge in [0.05, 0.1) is 21.6 Å². The highest BCUT2D eigenvalue weighted by Crippen LogP contribution is 2.37. The van der Waals surface area contributed by atoms with E-state index in [2.05, 4.69) is 20.9 Å². The number of hydrogen-bond acceptors (Lipinski definition) is 4. The average Bonchev–Trinajstić information content (AvgIpc) is 2.70. The number of aromatic nitrogens is 1. The Morgan fingerprint density at radius 1 is 1.41 bits per heavy atom. The molecule has 0 radical (unpaired) electrons. The van der Waals surface area contributed by atoms with Crippen LogP contribution in [0.4, 0.5) is 0 Å². The molecule has 3 nitrogen and oxygen atoms in total. The van der Waals surface area contributed by atoms with Crippen molar-refractivity contribution in [2.45, 2.75) is 6.42 Å². The molecular formula is C12H13BrN2OS. The normalized spacial score (nSPS) is 10.5. The predicted octanol–water partition coefficient (Wildman–Crippen LogP) is 3.08. The van der Waals surface area contributed by atoms with Crippen LogP contribution in [0, 0.1) is 0 Å². The zero-order valence-electron chi connectivity index (χ0n) is 9.44. The molecule has 0 unspecified atom stereocenters. The van der Waals surface area contributed by atoms with E-state index in [1.165, 1.54) is 0 Å². The molecular weight excluding hydrogens is 300 g/mol. The van der Waals surface area contributed by atoms with Crippen molar-refractivity contribution in [2.75, 3.05) is 13.7 Å². The Morgan fingerprint density at radius 3 is 2.88 bits per heavy atom. The Labute approximate surface area is 113 Å². The first-order valence-electron chi connectivity index (χ1n) is 5.25. The van der Waals surface area contributed by atoms with Gasteiger partial charge < -0.3 is 10.5 Å². The van der Waals surface area contributed by atoms with Gasteiger partial charge in [-0.2, -0.15) is 0 Å². The molecule has 0 atom stereocenters. The van der Waals surface area contributed by atoms with E-state index in [0.29, 0.717) is 6.54 Å². The number of nitrogens with two attached hydrogens (primary N) is 1. The maximum Gasteiger partial charge on any atom is 0.128 e. The maximum absolute atomic E-state index is 5.54. The number of para-hydroxylation sites is 1. The summed E-state index contributed by atoms with van der Waals surface area (Å²) < 4.78 is 6.36. The van der Waals surface area contributed by atoms with Crippen molar-refractivity contribution in [2.24, 2.45) is 5.73 Å². The van der Waals surface area contributed by atoms with Gasteiger partial charge in [0.2, 0.25) is 0 Å². The van der Waals surface area contributed by atoms with Crippen molar-refractivity contribution in [3.63, 3.8) is 0 Å². The molecule has 0 fully saturated rings. The van der Waals surface area contributed by atoms with Gasteiger partial charge in [0.15, 0.2) is 0 Å². The van der Waals surface area contributed by atoms with Crippen LogP contribution in [0.5, 0.6) is 5.75 Å². The topological polar surface area (TPSA) is 48.1 Å². The second-order valence-corrected chi connectivity index (χ2v) is 5.87. The summed E-state index contributed by atoms with van der Waals surface area (Å²) in [4.78, 5) is 4.59. The molecule has 0 aliphatic heterocycles. The molecule has 17 heavy (non-hydrogen) atoms. The molecule has 0 aliphatic carbocycles. The van der Waals surface area contributed by atoms with Crippen molar-refractivity contribution in [3.05, 3.63) is 33.1 Å². The van der Waals surface area contributed by atoms with E-state index in [0.717, 1.165) is 32.2 Å². The van der Waals surface area contributed by atoms with E-state index in [9.17, 15) is 0 Å². The SMILES string of the molecule is COc1ccccc1-c1nc(CCN)sc1Br. The third kappa shape index (κ3) is 2.68. The fraction of sp³-hybridized carbons (Fsp3) is 0.250. The van der Waals surface area contributed by atoms with Gasteiger partial charge in [-0.15, -0.1) is 11.3 Å². The molecule has 1 heterocycles. The van der Waals surface area contributed by atoms with Gasteiger partial charge in [-0.25, -0.2) is 4.98 Å². The van der Waals surface area contributed by atoms with Crippen LogP contribution >= 0.6 is 27.3 Å². The second kappa shape index (κ2) is 5.62. The molecule has 2 N–H and O–H groups in total. The fourth-order valence-corrected chi connectivity index (χ4v) is 3.26. The summed E-state index contributed by atoms with van der Waals surface area (Å²) in [6.07, 6.45) is 0.804. The lowest BCUT2D eigenvalue weighted by Crippen LogP contribution is -2.02. The van der Waals surface area contributed by atoms with E-state index in [1.807, 2.05) is 24.3 Å². The van der Waals surface area contributed by atoms with Crippen LogP contribution in [0.3, 0.4) is 0 Å². The molecule has 1 aromatic carbocycles. The first kappa shape index (κ1) is 12.5. The van der Waals surface area contributed by atoms with E-state index in [1.54, 1.807) is 18.4 Å². The smallest absolute Gasteiger partial charge is 0.128 e. The standard InChI is InChI=1S/C12H13BrN2OS/c1-16-9-5-3-2-4-8(9)11-12(13)17-10(15-11)6-7-14/h2-5H,6-7,14H2,1H3. The summed E-state index contributed by atoms with van der Waals surface area (Å²) in [5.41, 5.74) is 7.47. The van der Waals surface area contributed by atoms with Gasteiger partial charge >= 0.3 is 0 Å². The van der Waals surface area contributed by atoms with Crippen molar-refractivity contribution < 1.29 is 4.74 Å². The van der Waals surface area contributed by atoms with Gasteiger partial charge in [0, 0.05) is 12.0 Å². The summed E-state index contributed by atoms with van der Waals surface area (Å²) in [6, 6.07) is 7.87. The summed E-state index contributed by atoms with van der Waals surface area (Å²) in [5.74, 6) is 0.831. The number of hydrogen-bond donors (Lipinski definition) is 1. The summed E-state index contributed by atoms with van der Waals surface area (Å²) >= 11 is 5.17. The number of nitrogens with zero attached hydrogens (tertiary/aromatic N) is 1. The van der Waals surface area contributed by atoms with E-state index < -0.39 is 0 Å². The van der Waals surface area contributed by atoms with E-state index in [4.69, 9.17) is 10.5 Å². The highest BCUT2D eigenvalue weighted by Gasteiger charge is 2.14. The minimum atomic E-state index is 0.616. The van der Waals surface area contributed by atoms with Crippen LogP contribution in [0.1, 0.15) is 5.01 Å². The molecule has 0 amide bonds. The summed E-state index contributed by atoms with van der Waals surface area (Å²) in [6.45, 7) is 0.616. The molecule has 90 valence electrons. The number of halogens is 1. The van der Waals surface area contributed by atoms with Crippen LogP contribution in [-0.2, 0) is 6.42 Å². The number of rotatable bonds is 4. The molecule has 0 bridgehead atoms. The highest BCUT2D eigenvalue weighted by atomic mass is 79.9. The molecule has 0 aliphatic rings. The Hall–Kier alpha value is -0.910. The molecule has 0 spiro atoms. The van der Waals surface area contributed by atoms with E-state index in [-0.39, 0.29) is 0 Å². The first-order chi connectivity index (χ1) is 8.26. The Kier molecular flexibility index (Phi) is 4.15. The predicted molar refractivity (Wildman–Crippen MR) is 74.6 cm³/mol. The van der Waals surface area contributed by atoms with Crippen LogP contribution < -0.4 is 10.5 Å². The van der Waals surface area contributed by atoms with Gasteiger partial charge in [-0.1, -0.05) is 12.1 Å². The van der Waals surface area contributed by atoms with Crippen molar-refractivity contribution in [1.82, 2.24) is 4.98 Å². The first-order valence-corrected chi connectivity index (χ1v) is 6.86. The Morgan fingerprint density at radius 2 is 2.18 bits per heavy atom. The van der Waals surface area contributed by atoms with Crippen LogP contribution in [0.15, 0.2) is 28.1 Å². The van der Waals surface area contributed by atoms with Crippen LogP contribution in [0.25, 0.3) is 11.3 Å². The second-order valence-electron chi connectivity index (χ2n) is 3.47. The quantitative estimate of drug-likeness (QED) is 0.943. The lowest BCUT2D eigenvalue weighted by atomic mass is 10.1. The zero-order chi connectivity index (χ0) is 12.3. The third-order valence-electron chi connectivity index (χ3n) is 2.35. The largest absolute Gasteiger partial charge is 0.496 e. The van der Waals surface area contributed by atoms with Gasteiger partial charge in [-0.3, -0.25) is 0 Å². The maximum atomic E-state index is 5.54. The lowest BCUT2D eigenvalue weighted by molar-refractivity contribution is 0.416. The zero-order valence-corrected chi connectivity index (χ0v) is 11.8. The van der Waals surface area contributed by atoms with Crippen LogP contribution in [-0.4, -0.2) is 18.6 Å². The fourth-order valence-electron chi connectivity index (χ4n) is 1.58. The molecule has 0 saturated carbocycles. The minimum Gasteiger partial charge on any atom is -0.496 e. The van der Waals surface area contributed by atoms with Crippen molar-refractivity contribution in [3.8, 4) is 17.0 Å². The van der Waals surface area contributed by atoms with Gasteiger partial charge in [-0.05, 0) is 34.6 Å². The Bertz CT molecular complexity index is 513. The van der Waals surface area contributed by atoms with Gasteiger partial charge in [0.1, 0.15) is 5.75 Å². The van der Waals surface area contributed by atoms with Gasteiger partial charge in [0.25, 0.3) is 0 Å². The minimum absolute atomic E-state index is 0.616. The van der Waals surface area contributed by atoms with Crippen LogP contribution in [0.2, 0.25) is 0 Å². The number of ether oxygens (including phenoxy) is 1. The summed E-state index contributed by atoms with van der Waals surface area (Å²) in [7, 11) is 1.67. The van der Waals surface area contributed by atoms with Crippen molar-refractivity contribution >= 4 is 27.3 Å². The third-order valence-corrected chi connectivity index (χ3v) is 4.12. The molecule has 5 heteroatoms. The lowest BCUT2D eigenvalue weighted by Gasteiger charge is -2.05. The average molecular weight is 313 g/mol. The number of methoxy groups -OCH3 is 1. The molecule has 2 rings (SSSR count). The molecule has 1 aromatic heterocycles. The molecule has 0 saturated heterocycles. The summed E-state index contributed by atoms with van der Waals surface area (Å²) in [5, 5.41) is 1.04.